The van der Waals surface area contributed by atoms with Gasteiger partial charge in [0.15, 0.2) is 0 Å². The number of morpholine rings is 1. The van der Waals surface area contributed by atoms with Crippen molar-refractivity contribution in [2.45, 2.75) is 13.0 Å². The maximum atomic E-state index is 12.5. The Labute approximate surface area is 176 Å². The molecule has 2 atom stereocenters. The zero-order valence-corrected chi connectivity index (χ0v) is 17.2. The minimum atomic E-state index is -0.498. The summed E-state index contributed by atoms with van der Waals surface area (Å²) in [7, 11) is 0. The van der Waals surface area contributed by atoms with Gasteiger partial charge in [-0.1, -0.05) is 19.1 Å². The lowest BCUT2D eigenvalue weighted by atomic mass is 9.96. The lowest BCUT2D eigenvalue weighted by Crippen LogP contribution is -2.33. The summed E-state index contributed by atoms with van der Waals surface area (Å²) in [6.07, 6.45) is 0.0486. The lowest BCUT2D eigenvalue weighted by molar-refractivity contribution is 0.0277. The number of nitrogens with one attached hydrogen (secondary N) is 2. The topological polar surface area (TPSA) is 79.8 Å². The van der Waals surface area contributed by atoms with E-state index in [-0.39, 0.29) is 18.6 Å². The molecule has 0 bridgehead atoms. The van der Waals surface area contributed by atoms with Crippen LogP contribution in [0.2, 0.25) is 0 Å². The molecule has 156 valence electrons. The second kappa shape index (κ2) is 10.1. The number of hydrogen-bond donors (Lipinski definition) is 3. The largest absolute Gasteiger partial charge is 0.493 e. The molecule has 1 unspecified atom stereocenters. The van der Waals surface area contributed by atoms with Crippen LogP contribution < -0.4 is 15.4 Å². The maximum absolute atomic E-state index is 12.5. The number of halogens is 1. The Morgan fingerprint density at radius 3 is 2.59 bits per heavy atom. The van der Waals surface area contributed by atoms with Crippen molar-refractivity contribution >= 4 is 23.2 Å². The standard InChI is InChI=1S/C22H27ClN2O4/c1-22(13-23,14-26)15-29-19-8-4-17(5-9-19)21(27)25-18-6-2-16(3-7-18)20-12-24-10-11-28-20/h2-9,20,24,26H,10-15H2,1H3,(H,25,27)/t20-,22?/m0/s1. The molecule has 7 heteroatoms. The average molecular weight is 419 g/mol. The zero-order valence-electron chi connectivity index (χ0n) is 16.5. The highest BCUT2D eigenvalue weighted by molar-refractivity contribution is 6.18. The fraction of sp³-hybridized carbons (Fsp3) is 0.409. The van der Waals surface area contributed by atoms with Crippen LogP contribution in [0.5, 0.6) is 5.75 Å². The van der Waals surface area contributed by atoms with Crippen molar-refractivity contribution in [3.05, 3.63) is 59.7 Å². The number of aliphatic hydroxyl groups excluding tert-OH is 1. The Balaban J connectivity index is 1.55. The van der Waals surface area contributed by atoms with E-state index < -0.39 is 5.41 Å². The molecule has 1 fully saturated rings. The summed E-state index contributed by atoms with van der Waals surface area (Å²) < 4.78 is 11.4. The number of ether oxygens (including phenoxy) is 2. The van der Waals surface area contributed by atoms with Crippen LogP contribution in [0.1, 0.15) is 28.9 Å². The predicted molar refractivity (Wildman–Crippen MR) is 114 cm³/mol. The molecule has 0 radical (unpaired) electrons. The second-order valence-electron chi connectivity index (χ2n) is 7.56. The van der Waals surface area contributed by atoms with E-state index in [1.54, 1.807) is 24.3 Å². The third-order valence-corrected chi connectivity index (χ3v) is 5.52. The van der Waals surface area contributed by atoms with E-state index >= 15 is 0 Å². The normalized spacial score (nSPS) is 18.7. The number of benzene rings is 2. The number of carbonyl (C=O) groups is 1. The fourth-order valence-corrected chi connectivity index (χ4v) is 3.01. The number of carbonyl (C=O) groups excluding carboxylic acids is 1. The average Bonchev–Trinajstić information content (AvgIpc) is 2.79. The maximum Gasteiger partial charge on any atom is 0.255 e. The van der Waals surface area contributed by atoms with Crippen LogP contribution >= 0.6 is 11.6 Å². The van der Waals surface area contributed by atoms with Crippen molar-refractivity contribution < 1.29 is 19.4 Å². The van der Waals surface area contributed by atoms with Gasteiger partial charge in [0.05, 0.1) is 25.9 Å². The summed E-state index contributed by atoms with van der Waals surface area (Å²) in [4.78, 5) is 12.5. The van der Waals surface area contributed by atoms with Crippen LogP contribution in [-0.4, -0.2) is 49.8 Å². The first kappa shape index (κ1) is 21.6. The van der Waals surface area contributed by atoms with E-state index in [9.17, 15) is 9.90 Å². The van der Waals surface area contributed by atoms with Crippen molar-refractivity contribution in [3.63, 3.8) is 0 Å². The third-order valence-electron chi connectivity index (χ3n) is 4.88. The van der Waals surface area contributed by atoms with Gasteiger partial charge in [-0.2, -0.15) is 0 Å². The number of alkyl halides is 1. The minimum absolute atomic E-state index is 0.0486. The van der Waals surface area contributed by atoms with Crippen molar-refractivity contribution in [2.75, 3.05) is 44.1 Å². The molecule has 3 rings (SSSR count). The molecule has 1 heterocycles. The monoisotopic (exact) mass is 418 g/mol. The summed E-state index contributed by atoms with van der Waals surface area (Å²) in [5.41, 5.74) is 1.85. The second-order valence-corrected chi connectivity index (χ2v) is 7.82. The molecule has 0 aromatic heterocycles. The van der Waals surface area contributed by atoms with Gasteiger partial charge in [-0.15, -0.1) is 11.6 Å². The van der Waals surface area contributed by atoms with Gasteiger partial charge in [-0.25, -0.2) is 0 Å². The molecule has 0 spiro atoms. The van der Waals surface area contributed by atoms with Crippen molar-refractivity contribution in [1.82, 2.24) is 5.32 Å². The van der Waals surface area contributed by atoms with Gasteiger partial charge < -0.3 is 25.2 Å². The SMILES string of the molecule is CC(CO)(CCl)COc1ccc(C(=O)Nc2ccc([C@@H]3CNCCO3)cc2)cc1. The molecule has 3 N–H and O–H groups in total. The van der Waals surface area contributed by atoms with Gasteiger partial charge in [0.2, 0.25) is 0 Å². The third kappa shape index (κ3) is 5.93. The molecule has 2 aromatic carbocycles. The van der Waals surface area contributed by atoms with E-state index in [0.29, 0.717) is 30.4 Å². The molecule has 29 heavy (non-hydrogen) atoms. The molecule has 2 aromatic rings. The van der Waals surface area contributed by atoms with Crippen molar-refractivity contribution in [2.24, 2.45) is 5.41 Å². The van der Waals surface area contributed by atoms with Gasteiger partial charge in [0.1, 0.15) is 5.75 Å². The first-order valence-electron chi connectivity index (χ1n) is 9.66. The summed E-state index contributed by atoms with van der Waals surface area (Å²) in [5.74, 6) is 0.726. The number of aliphatic hydroxyl groups is 1. The van der Waals surface area contributed by atoms with Crippen molar-refractivity contribution in [1.29, 1.82) is 0 Å². The molecular weight excluding hydrogens is 392 g/mol. The highest BCUT2D eigenvalue weighted by atomic mass is 35.5. The van der Waals surface area contributed by atoms with Crippen LogP contribution in [-0.2, 0) is 4.74 Å². The zero-order chi connectivity index (χ0) is 20.7. The number of amides is 1. The van der Waals surface area contributed by atoms with Gasteiger partial charge in [0, 0.05) is 35.6 Å². The molecule has 0 aliphatic carbocycles. The Hall–Kier alpha value is -2.12. The van der Waals surface area contributed by atoms with Gasteiger partial charge in [-0.05, 0) is 42.0 Å². The molecular formula is C22H27ClN2O4. The smallest absolute Gasteiger partial charge is 0.255 e. The minimum Gasteiger partial charge on any atom is -0.493 e. The van der Waals surface area contributed by atoms with E-state index in [2.05, 4.69) is 10.6 Å². The van der Waals surface area contributed by atoms with Crippen LogP contribution in [0.3, 0.4) is 0 Å². The number of hydrogen-bond acceptors (Lipinski definition) is 5. The number of anilines is 1. The summed E-state index contributed by atoms with van der Waals surface area (Å²) >= 11 is 5.87. The molecule has 6 nitrogen and oxygen atoms in total. The van der Waals surface area contributed by atoms with E-state index in [1.807, 2.05) is 31.2 Å². The van der Waals surface area contributed by atoms with Gasteiger partial charge >= 0.3 is 0 Å². The van der Waals surface area contributed by atoms with Gasteiger partial charge in [0.25, 0.3) is 5.91 Å². The van der Waals surface area contributed by atoms with Crippen LogP contribution in [0.4, 0.5) is 5.69 Å². The Kier molecular flexibility index (Phi) is 7.50. The summed E-state index contributed by atoms with van der Waals surface area (Å²) in [6.45, 7) is 4.46. The Morgan fingerprint density at radius 2 is 2.00 bits per heavy atom. The highest BCUT2D eigenvalue weighted by Gasteiger charge is 2.23. The van der Waals surface area contributed by atoms with E-state index in [1.165, 1.54) is 0 Å². The molecule has 0 saturated carbocycles. The van der Waals surface area contributed by atoms with Crippen LogP contribution in [0.25, 0.3) is 0 Å². The van der Waals surface area contributed by atoms with E-state index in [4.69, 9.17) is 21.1 Å². The highest BCUT2D eigenvalue weighted by Crippen LogP contribution is 2.23. The fourth-order valence-electron chi connectivity index (χ4n) is 2.85. The quantitative estimate of drug-likeness (QED) is 0.573. The van der Waals surface area contributed by atoms with Crippen molar-refractivity contribution in [3.8, 4) is 5.75 Å². The molecule has 1 aliphatic heterocycles. The summed E-state index contributed by atoms with van der Waals surface area (Å²) in [6, 6.07) is 14.6. The first-order valence-corrected chi connectivity index (χ1v) is 10.2. The Morgan fingerprint density at radius 1 is 1.28 bits per heavy atom. The first-order chi connectivity index (χ1) is 14.0. The predicted octanol–water partition coefficient (Wildman–Crippen LogP) is 3.22. The lowest BCUT2D eigenvalue weighted by Gasteiger charge is -2.24. The van der Waals surface area contributed by atoms with Crippen LogP contribution in [0, 0.1) is 5.41 Å². The summed E-state index contributed by atoms with van der Waals surface area (Å²) in [5, 5.41) is 15.6. The molecule has 1 amide bonds. The number of rotatable bonds is 8. The van der Waals surface area contributed by atoms with Gasteiger partial charge in [-0.3, -0.25) is 4.79 Å². The van der Waals surface area contributed by atoms with Crippen LogP contribution in [0.15, 0.2) is 48.5 Å². The molecule has 1 saturated heterocycles. The van der Waals surface area contributed by atoms with E-state index in [0.717, 1.165) is 24.3 Å². The Bertz CT molecular complexity index is 785. The molecule has 1 aliphatic rings.